The number of Topliss-reactive ketones (excluding diaryl/α,β-unsaturated/α-hetero) is 1. The topological polar surface area (TPSA) is 97.3 Å². The molecule has 0 atom stereocenters. The minimum atomic E-state index is -5.04. The second kappa shape index (κ2) is 11.2. The number of benzene rings is 2. The number of ketones is 1. The van der Waals surface area contributed by atoms with Crippen molar-refractivity contribution in [2.24, 2.45) is 4.99 Å². The van der Waals surface area contributed by atoms with Crippen LogP contribution < -0.4 is 10.3 Å². The van der Waals surface area contributed by atoms with Crippen molar-refractivity contribution in [1.29, 1.82) is 5.26 Å². The van der Waals surface area contributed by atoms with E-state index in [9.17, 15) is 27.2 Å². The number of nitrogens with zero attached hydrogens (tertiary/aromatic N) is 4. The Labute approximate surface area is 212 Å². The highest BCUT2D eigenvalue weighted by molar-refractivity contribution is 6.30. The van der Waals surface area contributed by atoms with Crippen molar-refractivity contribution in [2.75, 3.05) is 7.05 Å². The average molecular weight is 533 g/mol. The molecule has 0 aliphatic carbocycles. The number of ether oxygens (including phenoxy) is 1. The summed E-state index contributed by atoms with van der Waals surface area (Å²) < 4.78 is 61.2. The van der Waals surface area contributed by atoms with E-state index in [1.807, 2.05) is 0 Å². The molecule has 2 aromatic carbocycles. The van der Waals surface area contributed by atoms with Crippen molar-refractivity contribution in [3.05, 3.63) is 92.9 Å². The van der Waals surface area contributed by atoms with Crippen LogP contribution in [0.4, 0.5) is 17.6 Å². The van der Waals surface area contributed by atoms with E-state index in [0.29, 0.717) is 6.33 Å². The Hall–Kier alpha value is -4.30. The molecule has 0 unspecified atom stereocenters. The van der Waals surface area contributed by atoms with E-state index in [1.54, 1.807) is 6.07 Å². The highest BCUT2D eigenvalue weighted by Crippen LogP contribution is 2.35. The lowest BCUT2D eigenvalue weighted by Crippen LogP contribution is -2.28. The maximum atomic E-state index is 14.3. The van der Waals surface area contributed by atoms with Gasteiger partial charge in [0, 0.05) is 23.2 Å². The predicted octanol–water partition coefficient (Wildman–Crippen LogP) is 5.46. The molecule has 0 aliphatic heterocycles. The van der Waals surface area contributed by atoms with Crippen LogP contribution in [0.5, 0.6) is 11.5 Å². The standard InChI is InChI=1S/C25H17ClF4N4O3/c1-14(35)20(19-5-3-4-6-21(19)27)10-17(32-2)12-34-13-33-23(25(28,29)30)22(24(34)36)37-18-8-15(11-31)7-16(26)9-18/h3-10,13H,12H2,1-2H3/b20-10+,32-17?. The van der Waals surface area contributed by atoms with Crippen LogP contribution in [0.3, 0.4) is 0 Å². The quantitative estimate of drug-likeness (QED) is 0.229. The molecular weight excluding hydrogens is 516 g/mol. The number of aliphatic imine (C=N–C) groups is 1. The number of halogens is 5. The van der Waals surface area contributed by atoms with Crippen LogP contribution in [-0.2, 0) is 17.5 Å². The molecular formula is C25H17ClF4N4O3. The van der Waals surface area contributed by atoms with Gasteiger partial charge in [0.2, 0.25) is 5.75 Å². The van der Waals surface area contributed by atoms with Gasteiger partial charge < -0.3 is 4.74 Å². The van der Waals surface area contributed by atoms with Crippen LogP contribution in [0.2, 0.25) is 5.02 Å². The summed E-state index contributed by atoms with van der Waals surface area (Å²) in [5.74, 6) is -2.60. The second-order valence-electron chi connectivity index (χ2n) is 7.55. The van der Waals surface area contributed by atoms with E-state index in [2.05, 4.69) is 9.98 Å². The van der Waals surface area contributed by atoms with E-state index in [0.717, 1.165) is 22.8 Å². The summed E-state index contributed by atoms with van der Waals surface area (Å²) in [5, 5.41) is 9.09. The van der Waals surface area contributed by atoms with Gasteiger partial charge in [-0.05, 0) is 37.3 Å². The van der Waals surface area contributed by atoms with Crippen LogP contribution in [0.15, 0.2) is 64.7 Å². The zero-order valence-electron chi connectivity index (χ0n) is 19.3. The molecule has 0 aliphatic rings. The number of hydrogen-bond acceptors (Lipinski definition) is 6. The molecule has 0 fully saturated rings. The molecule has 0 amide bonds. The largest absolute Gasteiger partial charge is 0.449 e. The van der Waals surface area contributed by atoms with Gasteiger partial charge in [0.05, 0.1) is 30.2 Å². The molecule has 3 rings (SSSR count). The van der Waals surface area contributed by atoms with Crippen LogP contribution >= 0.6 is 11.6 Å². The number of alkyl halides is 3. The molecule has 0 saturated carbocycles. The number of aromatic nitrogens is 2. The number of carbonyl (C=O) groups excluding carboxylic acids is 1. The smallest absolute Gasteiger partial charge is 0.437 e. The Balaban J connectivity index is 2.09. The molecule has 3 aromatic rings. The fraction of sp³-hybridized carbons (Fsp3) is 0.160. The number of rotatable bonds is 7. The lowest BCUT2D eigenvalue weighted by atomic mass is 10.00. The first-order valence-corrected chi connectivity index (χ1v) is 10.8. The van der Waals surface area contributed by atoms with Gasteiger partial charge in [-0.2, -0.15) is 18.4 Å². The van der Waals surface area contributed by atoms with Gasteiger partial charge in [0.15, 0.2) is 11.5 Å². The van der Waals surface area contributed by atoms with Crippen LogP contribution in [-0.4, -0.2) is 28.1 Å². The van der Waals surface area contributed by atoms with Gasteiger partial charge in [-0.1, -0.05) is 29.8 Å². The first-order valence-electron chi connectivity index (χ1n) is 10.4. The fourth-order valence-electron chi connectivity index (χ4n) is 3.25. The lowest BCUT2D eigenvalue weighted by Gasteiger charge is -2.15. The zero-order valence-corrected chi connectivity index (χ0v) is 20.1. The molecule has 37 heavy (non-hydrogen) atoms. The zero-order chi connectivity index (χ0) is 27.3. The lowest BCUT2D eigenvalue weighted by molar-refractivity contribution is -0.142. The first kappa shape index (κ1) is 27.3. The third-order valence-corrected chi connectivity index (χ3v) is 5.18. The van der Waals surface area contributed by atoms with Crippen molar-refractivity contribution in [3.63, 3.8) is 0 Å². The highest BCUT2D eigenvalue weighted by atomic mass is 35.5. The predicted molar refractivity (Wildman–Crippen MR) is 128 cm³/mol. The van der Waals surface area contributed by atoms with Crippen molar-refractivity contribution < 1.29 is 27.1 Å². The maximum Gasteiger partial charge on any atom is 0.437 e. The van der Waals surface area contributed by atoms with Gasteiger partial charge in [-0.3, -0.25) is 19.1 Å². The van der Waals surface area contributed by atoms with E-state index in [1.165, 1.54) is 44.3 Å². The minimum absolute atomic E-state index is 0.00210. The van der Waals surface area contributed by atoms with E-state index in [4.69, 9.17) is 21.6 Å². The Kier molecular flexibility index (Phi) is 8.24. The third-order valence-electron chi connectivity index (χ3n) is 4.96. The Morgan fingerprint density at radius 2 is 1.97 bits per heavy atom. The van der Waals surface area contributed by atoms with E-state index in [-0.39, 0.29) is 33.2 Å². The summed E-state index contributed by atoms with van der Waals surface area (Å²) in [6.07, 6.45) is -3.15. The second-order valence-corrected chi connectivity index (χ2v) is 7.99. The molecule has 1 aromatic heterocycles. The van der Waals surface area contributed by atoms with Gasteiger partial charge >= 0.3 is 6.18 Å². The van der Waals surface area contributed by atoms with Crippen molar-refractivity contribution in [1.82, 2.24) is 9.55 Å². The Morgan fingerprint density at radius 1 is 1.27 bits per heavy atom. The molecule has 0 saturated heterocycles. The van der Waals surface area contributed by atoms with E-state index < -0.39 is 41.3 Å². The summed E-state index contributed by atoms with van der Waals surface area (Å²) in [6.45, 7) is 0.797. The summed E-state index contributed by atoms with van der Waals surface area (Å²) in [6, 6.07) is 10.8. The summed E-state index contributed by atoms with van der Waals surface area (Å²) >= 11 is 5.89. The molecule has 0 spiro atoms. The van der Waals surface area contributed by atoms with Crippen molar-refractivity contribution in [3.8, 4) is 17.6 Å². The summed E-state index contributed by atoms with van der Waals surface area (Å²) in [7, 11) is 1.33. The normalized spacial score (nSPS) is 12.3. The Bertz CT molecular complexity index is 1520. The summed E-state index contributed by atoms with van der Waals surface area (Å²) in [5.41, 5.74) is -2.80. The monoisotopic (exact) mass is 532 g/mol. The third kappa shape index (κ3) is 6.48. The van der Waals surface area contributed by atoms with Gasteiger partial charge in [-0.15, -0.1) is 0 Å². The van der Waals surface area contributed by atoms with Crippen LogP contribution in [0, 0.1) is 17.1 Å². The van der Waals surface area contributed by atoms with Gasteiger partial charge in [0.25, 0.3) is 5.56 Å². The number of allylic oxidation sites excluding steroid dienone is 2. The van der Waals surface area contributed by atoms with Gasteiger partial charge in [0.1, 0.15) is 11.6 Å². The first-order chi connectivity index (χ1) is 17.4. The molecule has 0 N–H and O–H groups in total. The van der Waals surface area contributed by atoms with E-state index >= 15 is 0 Å². The van der Waals surface area contributed by atoms with Crippen molar-refractivity contribution >= 4 is 28.7 Å². The van der Waals surface area contributed by atoms with Crippen LogP contribution in [0.25, 0.3) is 5.57 Å². The maximum absolute atomic E-state index is 14.3. The fourth-order valence-corrected chi connectivity index (χ4v) is 3.48. The summed E-state index contributed by atoms with van der Waals surface area (Å²) in [4.78, 5) is 32.6. The number of hydrogen-bond donors (Lipinski definition) is 0. The molecule has 7 nitrogen and oxygen atoms in total. The average Bonchev–Trinajstić information content (AvgIpc) is 2.83. The Morgan fingerprint density at radius 3 is 2.57 bits per heavy atom. The highest BCUT2D eigenvalue weighted by Gasteiger charge is 2.38. The van der Waals surface area contributed by atoms with Gasteiger partial charge in [-0.25, -0.2) is 9.37 Å². The molecule has 1 heterocycles. The molecule has 0 bridgehead atoms. The molecule has 12 heteroatoms. The number of carbonyl (C=O) groups is 1. The molecule has 190 valence electrons. The minimum Gasteiger partial charge on any atom is -0.449 e. The number of nitriles is 1. The molecule has 0 radical (unpaired) electrons. The van der Waals surface area contributed by atoms with Crippen molar-refractivity contribution in [2.45, 2.75) is 19.6 Å². The SMILES string of the molecule is CN=C(/C=C(\C(C)=O)c1ccccc1F)Cn1cnc(C(F)(F)F)c(Oc2cc(Cl)cc(C#N)c2)c1=O. The van der Waals surface area contributed by atoms with Crippen LogP contribution in [0.1, 0.15) is 23.7 Å².